The van der Waals surface area contributed by atoms with Crippen molar-refractivity contribution in [1.82, 2.24) is 14.0 Å². The fraction of sp³-hybridized carbons (Fsp3) is 0.556. The number of nitrogens with zero attached hydrogens (tertiary/aromatic N) is 3. The van der Waals surface area contributed by atoms with E-state index < -0.39 is 0 Å². The predicted octanol–water partition coefficient (Wildman–Crippen LogP) is 2.23. The zero-order valence-corrected chi connectivity index (χ0v) is 14.0. The van der Waals surface area contributed by atoms with Gasteiger partial charge in [-0.05, 0) is 51.9 Å². The van der Waals surface area contributed by atoms with Crippen LogP contribution in [0.5, 0.6) is 0 Å². The topological polar surface area (TPSA) is 47.2 Å². The molecule has 2 heterocycles. The number of likely N-dealkylation sites (tertiary alicyclic amines) is 1. The Bertz CT molecular complexity index is 798. The van der Waals surface area contributed by atoms with Crippen molar-refractivity contribution in [3.05, 3.63) is 45.1 Å². The Hall–Kier alpha value is -1.88. The Morgan fingerprint density at radius 3 is 2.39 bits per heavy atom. The molecule has 0 amide bonds. The molecule has 2 aromatic rings. The standard InChI is InChI=1S/C18H25N3O2/c1-14(2)21-17(22)15-8-4-5-9-16(15)20(18(21)23)13-12-19-10-6-3-7-11-19/h4-5,8-9,14H,3,6-7,10-13H2,1-2H3. The van der Waals surface area contributed by atoms with Crippen LogP contribution in [-0.4, -0.2) is 33.7 Å². The number of aromatic nitrogens is 2. The molecule has 1 aromatic carbocycles. The lowest BCUT2D eigenvalue weighted by Crippen LogP contribution is -2.43. The summed E-state index contributed by atoms with van der Waals surface area (Å²) in [5.41, 5.74) is 0.368. The van der Waals surface area contributed by atoms with Crippen LogP contribution < -0.4 is 11.2 Å². The van der Waals surface area contributed by atoms with E-state index in [4.69, 9.17) is 0 Å². The van der Waals surface area contributed by atoms with Gasteiger partial charge in [-0.15, -0.1) is 0 Å². The van der Waals surface area contributed by atoms with Crippen molar-refractivity contribution in [2.45, 2.75) is 45.7 Å². The number of rotatable bonds is 4. The van der Waals surface area contributed by atoms with Crippen LogP contribution in [0.3, 0.4) is 0 Å². The second kappa shape index (κ2) is 6.71. The molecule has 0 radical (unpaired) electrons. The fourth-order valence-electron chi connectivity index (χ4n) is 3.44. The molecular formula is C18H25N3O2. The molecule has 1 aliphatic rings. The molecule has 0 saturated carbocycles. The van der Waals surface area contributed by atoms with Crippen molar-refractivity contribution in [2.24, 2.45) is 0 Å². The maximum absolute atomic E-state index is 12.8. The van der Waals surface area contributed by atoms with Crippen LogP contribution in [0.1, 0.15) is 39.2 Å². The highest BCUT2D eigenvalue weighted by Crippen LogP contribution is 2.11. The van der Waals surface area contributed by atoms with Gasteiger partial charge in [0.05, 0.1) is 10.9 Å². The molecule has 5 heteroatoms. The number of hydrogen-bond donors (Lipinski definition) is 0. The Labute approximate surface area is 136 Å². The van der Waals surface area contributed by atoms with Gasteiger partial charge in [-0.2, -0.15) is 0 Å². The van der Waals surface area contributed by atoms with E-state index in [1.165, 1.54) is 23.8 Å². The first-order valence-electron chi connectivity index (χ1n) is 8.56. The first-order chi connectivity index (χ1) is 11.1. The van der Waals surface area contributed by atoms with E-state index in [0.29, 0.717) is 11.9 Å². The zero-order chi connectivity index (χ0) is 16.4. The summed E-state index contributed by atoms with van der Waals surface area (Å²) in [4.78, 5) is 27.8. The van der Waals surface area contributed by atoms with Gasteiger partial charge in [0.1, 0.15) is 0 Å². The first kappa shape index (κ1) is 16.0. The van der Waals surface area contributed by atoms with E-state index in [1.807, 2.05) is 38.1 Å². The third-order valence-electron chi connectivity index (χ3n) is 4.69. The van der Waals surface area contributed by atoms with E-state index >= 15 is 0 Å². The monoisotopic (exact) mass is 315 g/mol. The van der Waals surface area contributed by atoms with Gasteiger partial charge in [-0.3, -0.25) is 13.9 Å². The van der Waals surface area contributed by atoms with Gasteiger partial charge >= 0.3 is 5.69 Å². The third-order valence-corrected chi connectivity index (χ3v) is 4.69. The van der Waals surface area contributed by atoms with E-state index in [1.54, 1.807) is 4.57 Å². The Balaban J connectivity index is 2.04. The zero-order valence-electron chi connectivity index (χ0n) is 14.0. The minimum Gasteiger partial charge on any atom is -0.302 e. The molecule has 0 spiro atoms. The number of benzene rings is 1. The van der Waals surface area contributed by atoms with E-state index in [9.17, 15) is 9.59 Å². The SMILES string of the molecule is CC(C)n1c(=O)c2ccccc2n(CCN2CCCCC2)c1=O. The summed E-state index contributed by atoms with van der Waals surface area (Å²) in [6.07, 6.45) is 3.78. The highest BCUT2D eigenvalue weighted by Gasteiger charge is 2.16. The Morgan fingerprint density at radius 1 is 1.00 bits per heavy atom. The second-order valence-corrected chi connectivity index (χ2v) is 6.62. The van der Waals surface area contributed by atoms with Crippen LogP contribution in [0.4, 0.5) is 0 Å². The molecule has 1 saturated heterocycles. The minimum atomic E-state index is -0.194. The van der Waals surface area contributed by atoms with Crippen LogP contribution in [0.25, 0.3) is 10.9 Å². The molecule has 0 unspecified atom stereocenters. The lowest BCUT2D eigenvalue weighted by Gasteiger charge is -2.27. The van der Waals surface area contributed by atoms with Crippen LogP contribution in [-0.2, 0) is 6.54 Å². The van der Waals surface area contributed by atoms with Gasteiger partial charge in [-0.1, -0.05) is 18.6 Å². The second-order valence-electron chi connectivity index (χ2n) is 6.62. The van der Waals surface area contributed by atoms with Crippen molar-refractivity contribution in [3.63, 3.8) is 0 Å². The minimum absolute atomic E-state index is 0.138. The molecule has 1 aromatic heterocycles. The fourth-order valence-corrected chi connectivity index (χ4v) is 3.44. The summed E-state index contributed by atoms with van der Waals surface area (Å²) in [7, 11) is 0. The van der Waals surface area contributed by atoms with Crippen molar-refractivity contribution >= 4 is 10.9 Å². The molecule has 0 aliphatic carbocycles. The summed E-state index contributed by atoms with van der Waals surface area (Å²) in [5, 5.41) is 0.624. The molecule has 124 valence electrons. The molecule has 1 fully saturated rings. The molecule has 0 atom stereocenters. The van der Waals surface area contributed by atoms with Crippen molar-refractivity contribution < 1.29 is 0 Å². The number of hydrogen-bond acceptors (Lipinski definition) is 3. The molecule has 23 heavy (non-hydrogen) atoms. The largest absolute Gasteiger partial charge is 0.331 e. The van der Waals surface area contributed by atoms with Gasteiger partial charge < -0.3 is 4.90 Å². The highest BCUT2D eigenvalue weighted by molar-refractivity contribution is 5.77. The van der Waals surface area contributed by atoms with E-state index in [2.05, 4.69) is 4.90 Å². The van der Waals surface area contributed by atoms with Crippen LogP contribution in [0.2, 0.25) is 0 Å². The quantitative estimate of drug-likeness (QED) is 0.869. The predicted molar refractivity (Wildman–Crippen MR) is 93.1 cm³/mol. The Kier molecular flexibility index (Phi) is 4.66. The first-order valence-corrected chi connectivity index (χ1v) is 8.56. The van der Waals surface area contributed by atoms with Crippen LogP contribution in [0, 0.1) is 0 Å². The molecule has 0 N–H and O–H groups in total. The van der Waals surface area contributed by atoms with Gasteiger partial charge in [0.2, 0.25) is 0 Å². The third kappa shape index (κ3) is 3.11. The maximum Gasteiger partial charge on any atom is 0.331 e. The molecule has 3 rings (SSSR count). The van der Waals surface area contributed by atoms with Gasteiger partial charge in [0, 0.05) is 19.1 Å². The van der Waals surface area contributed by atoms with Crippen molar-refractivity contribution in [2.75, 3.05) is 19.6 Å². The normalized spacial score (nSPS) is 16.3. The summed E-state index contributed by atoms with van der Waals surface area (Å²) >= 11 is 0. The van der Waals surface area contributed by atoms with Gasteiger partial charge in [0.15, 0.2) is 0 Å². The maximum atomic E-state index is 12.8. The van der Waals surface area contributed by atoms with Gasteiger partial charge in [-0.25, -0.2) is 4.79 Å². The molecule has 0 bridgehead atoms. The van der Waals surface area contributed by atoms with Crippen molar-refractivity contribution in [3.8, 4) is 0 Å². The lowest BCUT2D eigenvalue weighted by molar-refractivity contribution is 0.220. The summed E-state index contributed by atoms with van der Waals surface area (Å²) in [5.74, 6) is 0. The van der Waals surface area contributed by atoms with Crippen LogP contribution in [0.15, 0.2) is 33.9 Å². The molecular weight excluding hydrogens is 290 g/mol. The summed E-state index contributed by atoms with van der Waals surface area (Å²) in [6, 6.07) is 7.29. The highest BCUT2D eigenvalue weighted by atomic mass is 16.2. The Morgan fingerprint density at radius 2 is 1.70 bits per heavy atom. The van der Waals surface area contributed by atoms with Crippen LogP contribution >= 0.6 is 0 Å². The average molecular weight is 315 g/mol. The van der Waals surface area contributed by atoms with E-state index in [0.717, 1.165) is 25.2 Å². The molecule has 1 aliphatic heterocycles. The van der Waals surface area contributed by atoms with Crippen molar-refractivity contribution in [1.29, 1.82) is 0 Å². The number of fused-ring (bicyclic) bond motifs is 1. The summed E-state index contributed by atoms with van der Waals surface area (Å²) < 4.78 is 3.14. The molecule has 5 nitrogen and oxygen atoms in total. The summed E-state index contributed by atoms with van der Waals surface area (Å²) in [6.45, 7) is 7.47. The average Bonchev–Trinajstić information content (AvgIpc) is 2.55. The van der Waals surface area contributed by atoms with E-state index in [-0.39, 0.29) is 17.3 Å². The number of piperidine rings is 1. The smallest absolute Gasteiger partial charge is 0.302 e. The number of para-hydroxylation sites is 1. The lowest BCUT2D eigenvalue weighted by atomic mass is 10.1. The van der Waals surface area contributed by atoms with Gasteiger partial charge in [0.25, 0.3) is 5.56 Å².